The third-order valence-corrected chi connectivity index (χ3v) is 2.64. The van der Waals surface area contributed by atoms with Gasteiger partial charge in [-0.1, -0.05) is 22.0 Å². The summed E-state index contributed by atoms with van der Waals surface area (Å²) >= 11 is 3.68. The molecule has 0 aliphatic carbocycles. The molecule has 0 aliphatic heterocycles. The van der Waals surface area contributed by atoms with Crippen LogP contribution in [0.4, 0.5) is 0 Å². The second-order valence-corrected chi connectivity index (χ2v) is 6.05. The minimum atomic E-state index is -0.136. The van der Waals surface area contributed by atoms with Crippen LogP contribution in [-0.4, -0.2) is 29.7 Å². The zero-order chi connectivity index (χ0) is 11.9. The lowest BCUT2D eigenvalue weighted by Gasteiger charge is -2.28. The van der Waals surface area contributed by atoms with Crippen LogP contribution in [0.25, 0.3) is 0 Å². The zero-order valence-corrected chi connectivity index (χ0v) is 11.8. The molecule has 0 radical (unpaired) electrons. The van der Waals surface area contributed by atoms with E-state index >= 15 is 0 Å². The molecule has 0 aromatic heterocycles. The average Bonchev–Trinajstić information content (AvgIpc) is 2.13. The Balaban J connectivity index is 4.11. The smallest absolute Gasteiger partial charge is 0.0758 e. The molecule has 0 unspecified atom stereocenters. The van der Waals surface area contributed by atoms with Gasteiger partial charge in [-0.15, -0.1) is 6.58 Å². The number of ether oxygens (including phenoxy) is 2. The van der Waals surface area contributed by atoms with Crippen molar-refractivity contribution in [1.82, 2.24) is 0 Å². The van der Waals surface area contributed by atoms with Crippen molar-refractivity contribution in [3.8, 4) is 0 Å². The zero-order valence-electron chi connectivity index (χ0n) is 10.3. The Kier molecular flexibility index (Phi) is 7.49. The van der Waals surface area contributed by atoms with Gasteiger partial charge in [0, 0.05) is 0 Å². The van der Waals surface area contributed by atoms with Crippen LogP contribution in [-0.2, 0) is 9.47 Å². The molecule has 0 aromatic carbocycles. The Morgan fingerprint density at radius 3 is 1.80 bits per heavy atom. The third kappa shape index (κ3) is 8.00. The van der Waals surface area contributed by atoms with Crippen LogP contribution in [0.5, 0.6) is 0 Å². The van der Waals surface area contributed by atoms with Gasteiger partial charge in [-0.05, 0) is 34.1 Å². The van der Waals surface area contributed by atoms with E-state index in [1.165, 1.54) is 0 Å². The molecule has 0 rings (SSSR count). The minimum Gasteiger partial charge on any atom is -0.377 e. The monoisotopic (exact) mass is 278 g/mol. The molecule has 0 aromatic rings. The van der Waals surface area contributed by atoms with Crippen molar-refractivity contribution >= 4 is 15.9 Å². The van der Waals surface area contributed by atoms with Crippen LogP contribution in [0, 0.1) is 0 Å². The molecule has 0 saturated heterocycles. The summed E-state index contributed by atoms with van der Waals surface area (Å²) in [5.74, 6) is 0. The molecule has 0 N–H and O–H groups in total. The van der Waals surface area contributed by atoms with Gasteiger partial charge in [-0.25, -0.2) is 0 Å². The molecule has 2 nitrogen and oxygen atoms in total. The maximum atomic E-state index is 5.62. The number of allylic oxidation sites excluding steroid dienone is 1. The molecule has 0 heterocycles. The van der Waals surface area contributed by atoms with E-state index in [9.17, 15) is 0 Å². The lowest BCUT2D eigenvalue weighted by atomic mass is 10.1. The third-order valence-electron chi connectivity index (χ3n) is 1.86. The molecule has 0 amide bonds. The van der Waals surface area contributed by atoms with E-state index in [0.29, 0.717) is 13.2 Å². The van der Waals surface area contributed by atoms with Crippen molar-refractivity contribution in [1.29, 1.82) is 0 Å². The number of alkyl halides is 1. The highest BCUT2D eigenvalue weighted by atomic mass is 79.9. The van der Waals surface area contributed by atoms with Crippen molar-refractivity contribution in [2.75, 3.05) is 13.2 Å². The molecule has 0 fully saturated rings. The molecular weight excluding hydrogens is 256 g/mol. The molecule has 15 heavy (non-hydrogen) atoms. The summed E-state index contributed by atoms with van der Waals surface area (Å²) < 4.78 is 11.1. The molecule has 0 saturated carbocycles. The highest BCUT2D eigenvalue weighted by Gasteiger charge is 2.27. The standard InChI is InChI=1S/C12H23BrO2/c1-6-7-12(13,8-14-10(2)3)9-15-11(4)5/h6,10-11H,1,7-9H2,2-5H3. The maximum Gasteiger partial charge on any atom is 0.0758 e. The van der Waals surface area contributed by atoms with Crippen LogP contribution in [0.3, 0.4) is 0 Å². The topological polar surface area (TPSA) is 18.5 Å². The molecule has 0 bridgehead atoms. The van der Waals surface area contributed by atoms with E-state index in [-0.39, 0.29) is 16.5 Å². The Morgan fingerprint density at radius 2 is 1.53 bits per heavy atom. The van der Waals surface area contributed by atoms with Gasteiger partial charge in [-0.2, -0.15) is 0 Å². The van der Waals surface area contributed by atoms with E-state index in [1.54, 1.807) is 0 Å². The summed E-state index contributed by atoms with van der Waals surface area (Å²) in [7, 11) is 0. The largest absolute Gasteiger partial charge is 0.377 e. The average molecular weight is 279 g/mol. The molecule has 90 valence electrons. The summed E-state index contributed by atoms with van der Waals surface area (Å²) in [6, 6.07) is 0. The molecule has 0 aliphatic rings. The fraction of sp³-hybridized carbons (Fsp3) is 0.833. The Labute approximate surface area is 102 Å². The predicted molar refractivity (Wildman–Crippen MR) is 68.6 cm³/mol. The first-order valence-corrected chi connectivity index (χ1v) is 6.22. The Bertz CT molecular complexity index is 166. The van der Waals surface area contributed by atoms with Crippen LogP contribution >= 0.6 is 15.9 Å². The van der Waals surface area contributed by atoms with Gasteiger partial charge in [-0.3, -0.25) is 0 Å². The quantitative estimate of drug-likeness (QED) is 0.499. The molecular formula is C12H23BrO2. The Morgan fingerprint density at radius 1 is 1.13 bits per heavy atom. The molecule has 0 spiro atoms. The minimum absolute atomic E-state index is 0.136. The first-order valence-electron chi connectivity index (χ1n) is 5.42. The summed E-state index contributed by atoms with van der Waals surface area (Å²) in [6.07, 6.45) is 3.21. The van der Waals surface area contributed by atoms with E-state index in [0.717, 1.165) is 6.42 Å². The van der Waals surface area contributed by atoms with Crippen LogP contribution < -0.4 is 0 Å². The summed E-state index contributed by atoms with van der Waals surface area (Å²) in [5, 5.41) is 0. The van der Waals surface area contributed by atoms with Crippen LogP contribution in [0.1, 0.15) is 34.1 Å². The van der Waals surface area contributed by atoms with Crippen molar-refractivity contribution in [2.24, 2.45) is 0 Å². The van der Waals surface area contributed by atoms with Gasteiger partial charge in [0.1, 0.15) is 0 Å². The number of rotatable bonds is 8. The van der Waals surface area contributed by atoms with Crippen molar-refractivity contribution < 1.29 is 9.47 Å². The van der Waals surface area contributed by atoms with Gasteiger partial charge in [0.15, 0.2) is 0 Å². The summed E-state index contributed by atoms with van der Waals surface area (Å²) in [6.45, 7) is 13.2. The normalized spacial score (nSPS) is 12.5. The van der Waals surface area contributed by atoms with Gasteiger partial charge >= 0.3 is 0 Å². The number of hydrogen-bond acceptors (Lipinski definition) is 2. The SMILES string of the molecule is C=CCC(Br)(COC(C)C)COC(C)C. The Hall–Kier alpha value is 0.140. The van der Waals surface area contributed by atoms with E-state index in [4.69, 9.17) is 9.47 Å². The first-order chi connectivity index (χ1) is 6.89. The van der Waals surface area contributed by atoms with Gasteiger partial charge in [0.2, 0.25) is 0 Å². The van der Waals surface area contributed by atoms with Crippen LogP contribution in [0.15, 0.2) is 12.7 Å². The summed E-state index contributed by atoms with van der Waals surface area (Å²) in [4.78, 5) is 0. The predicted octanol–water partition coefficient (Wildman–Crippen LogP) is 3.55. The second-order valence-electron chi connectivity index (χ2n) is 4.36. The van der Waals surface area contributed by atoms with E-state index in [2.05, 4.69) is 22.5 Å². The highest BCUT2D eigenvalue weighted by molar-refractivity contribution is 9.10. The van der Waals surface area contributed by atoms with Crippen molar-refractivity contribution in [3.05, 3.63) is 12.7 Å². The van der Waals surface area contributed by atoms with Crippen molar-refractivity contribution in [2.45, 2.75) is 50.6 Å². The highest BCUT2D eigenvalue weighted by Crippen LogP contribution is 2.25. The summed E-state index contributed by atoms with van der Waals surface area (Å²) in [5.41, 5.74) is 0. The van der Waals surface area contributed by atoms with Gasteiger partial charge in [0.05, 0.1) is 29.7 Å². The number of halogens is 1. The molecule has 3 heteroatoms. The molecule has 0 atom stereocenters. The lowest BCUT2D eigenvalue weighted by Crippen LogP contribution is -2.35. The lowest BCUT2D eigenvalue weighted by molar-refractivity contribution is 0.0125. The first kappa shape index (κ1) is 15.1. The maximum absolute atomic E-state index is 5.62. The number of hydrogen-bond donors (Lipinski definition) is 0. The fourth-order valence-electron chi connectivity index (χ4n) is 1.05. The van der Waals surface area contributed by atoms with E-state index in [1.807, 2.05) is 33.8 Å². The van der Waals surface area contributed by atoms with Gasteiger partial charge in [0.25, 0.3) is 0 Å². The van der Waals surface area contributed by atoms with E-state index < -0.39 is 0 Å². The fourth-order valence-corrected chi connectivity index (χ4v) is 1.54. The van der Waals surface area contributed by atoms with Gasteiger partial charge < -0.3 is 9.47 Å². The van der Waals surface area contributed by atoms with Crippen LogP contribution in [0.2, 0.25) is 0 Å². The second kappa shape index (κ2) is 7.42. The van der Waals surface area contributed by atoms with Crippen molar-refractivity contribution in [3.63, 3.8) is 0 Å².